The molecule has 0 aliphatic carbocycles. The number of aromatic hydroxyl groups is 1. The number of aromatic nitrogens is 1. The van der Waals surface area contributed by atoms with Gasteiger partial charge in [0, 0.05) is 12.6 Å². The number of sulfone groups is 1. The summed E-state index contributed by atoms with van der Waals surface area (Å²) in [6.45, 7) is 0.983. The minimum atomic E-state index is -3.21. The number of thiazole rings is 1. The molecule has 0 bridgehead atoms. The SMILES string of the molecule is NC(CCS(=O)(=O)CCCOCCc1ccccc1)Cc1ccc(O)c2[nH]c(=O)sc12. The summed E-state index contributed by atoms with van der Waals surface area (Å²) in [4.78, 5) is 14.0. The second kappa shape index (κ2) is 10.9. The van der Waals surface area contributed by atoms with Gasteiger partial charge in [-0.3, -0.25) is 4.79 Å². The van der Waals surface area contributed by atoms with Crippen molar-refractivity contribution in [1.29, 1.82) is 0 Å². The molecule has 0 aliphatic heterocycles. The summed E-state index contributed by atoms with van der Waals surface area (Å²) < 4.78 is 30.8. The summed E-state index contributed by atoms with van der Waals surface area (Å²) in [5.74, 6) is 0.107. The molecule has 1 atom stereocenters. The van der Waals surface area contributed by atoms with Gasteiger partial charge in [0.1, 0.15) is 21.1 Å². The third-order valence-corrected chi connectivity index (χ3v) is 7.77. The number of ether oxygens (including phenoxy) is 1. The Morgan fingerprint density at radius 2 is 1.87 bits per heavy atom. The highest BCUT2D eigenvalue weighted by molar-refractivity contribution is 7.91. The van der Waals surface area contributed by atoms with Crippen molar-refractivity contribution in [2.75, 3.05) is 24.7 Å². The van der Waals surface area contributed by atoms with Crippen molar-refractivity contribution < 1.29 is 18.3 Å². The first-order valence-electron chi connectivity index (χ1n) is 10.3. The third kappa shape index (κ3) is 7.17. The number of phenols is 1. The first kappa shape index (κ1) is 23.5. The molecule has 0 saturated heterocycles. The number of hydrogen-bond donors (Lipinski definition) is 3. The maximum absolute atomic E-state index is 12.3. The zero-order chi connectivity index (χ0) is 22.3. The molecule has 4 N–H and O–H groups in total. The highest BCUT2D eigenvalue weighted by Gasteiger charge is 2.16. The molecule has 1 aromatic heterocycles. The van der Waals surface area contributed by atoms with Gasteiger partial charge in [-0.15, -0.1) is 0 Å². The van der Waals surface area contributed by atoms with Gasteiger partial charge in [-0.2, -0.15) is 0 Å². The van der Waals surface area contributed by atoms with Crippen molar-refractivity contribution in [3.63, 3.8) is 0 Å². The van der Waals surface area contributed by atoms with E-state index >= 15 is 0 Å². The lowest BCUT2D eigenvalue weighted by Crippen LogP contribution is -2.27. The summed E-state index contributed by atoms with van der Waals surface area (Å²) in [6, 6.07) is 12.9. The van der Waals surface area contributed by atoms with Crippen LogP contribution < -0.4 is 10.6 Å². The molecule has 3 rings (SSSR count). The van der Waals surface area contributed by atoms with Gasteiger partial charge in [0.15, 0.2) is 0 Å². The standard InChI is InChI=1S/C22H28N2O5S2/c23-18(15-17-7-8-19(25)20-21(17)30-22(26)24-20)10-14-31(27,28)13-4-11-29-12-9-16-5-2-1-3-6-16/h1-3,5-8,18,25H,4,9-15,23H2,(H,24,26). The van der Waals surface area contributed by atoms with Crippen molar-refractivity contribution in [3.05, 3.63) is 63.3 Å². The first-order chi connectivity index (χ1) is 14.8. The zero-order valence-corrected chi connectivity index (χ0v) is 18.9. The number of fused-ring (bicyclic) bond motifs is 1. The Labute approximate surface area is 185 Å². The van der Waals surface area contributed by atoms with Gasteiger partial charge >= 0.3 is 4.87 Å². The van der Waals surface area contributed by atoms with E-state index in [9.17, 15) is 18.3 Å². The molecule has 0 amide bonds. The van der Waals surface area contributed by atoms with E-state index < -0.39 is 9.84 Å². The lowest BCUT2D eigenvalue weighted by atomic mass is 10.0. The van der Waals surface area contributed by atoms with Crippen molar-refractivity contribution in [1.82, 2.24) is 4.98 Å². The Balaban J connectivity index is 1.38. The third-order valence-electron chi connectivity index (χ3n) is 5.04. The topological polar surface area (TPSA) is 122 Å². The average Bonchev–Trinajstić information content (AvgIpc) is 3.15. The highest BCUT2D eigenvalue weighted by atomic mass is 32.2. The molecule has 168 valence electrons. The van der Waals surface area contributed by atoms with Gasteiger partial charge in [0.2, 0.25) is 0 Å². The van der Waals surface area contributed by atoms with Gasteiger partial charge in [0.25, 0.3) is 0 Å². The molecular formula is C22H28N2O5S2. The molecule has 0 radical (unpaired) electrons. The van der Waals surface area contributed by atoms with Crippen molar-refractivity contribution in [2.24, 2.45) is 5.73 Å². The van der Waals surface area contributed by atoms with Gasteiger partial charge in [0.05, 0.1) is 22.8 Å². The Kier molecular flexibility index (Phi) is 8.25. The summed E-state index contributed by atoms with van der Waals surface area (Å²) in [7, 11) is -3.21. The fourth-order valence-corrected chi connectivity index (χ4v) is 5.67. The van der Waals surface area contributed by atoms with Crippen LogP contribution in [0.15, 0.2) is 47.3 Å². The number of nitrogens with one attached hydrogen (secondary N) is 1. The van der Waals surface area contributed by atoms with E-state index in [1.807, 2.05) is 30.3 Å². The second-order valence-electron chi connectivity index (χ2n) is 7.57. The number of nitrogens with two attached hydrogens (primary N) is 1. The predicted molar refractivity (Wildman–Crippen MR) is 125 cm³/mol. The van der Waals surface area contributed by atoms with Crippen LogP contribution in [0.2, 0.25) is 0 Å². The molecule has 2 aromatic carbocycles. The molecule has 1 heterocycles. The van der Waals surface area contributed by atoms with Crippen LogP contribution in [0, 0.1) is 0 Å². The van der Waals surface area contributed by atoms with Gasteiger partial charge in [-0.05, 0) is 42.9 Å². The monoisotopic (exact) mass is 464 g/mol. The number of phenolic OH excluding ortho intramolecular Hbond substituents is 1. The summed E-state index contributed by atoms with van der Waals surface area (Å²) in [5, 5.41) is 9.86. The quantitative estimate of drug-likeness (QED) is 0.354. The summed E-state index contributed by atoms with van der Waals surface area (Å²) in [5.41, 5.74) is 8.59. The average molecular weight is 465 g/mol. The van der Waals surface area contributed by atoms with Gasteiger partial charge in [-0.25, -0.2) is 8.42 Å². The molecule has 31 heavy (non-hydrogen) atoms. The largest absolute Gasteiger partial charge is 0.506 e. The zero-order valence-electron chi connectivity index (χ0n) is 17.2. The van der Waals surface area contributed by atoms with E-state index in [0.29, 0.717) is 42.7 Å². The van der Waals surface area contributed by atoms with Crippen LogP contribution in [0.25, 0.3) is 10.2 Å². The molecule has 9 heteroatoms. The highest BCUT2D eigenvalue weighted by Crippen LogP contribution is 2.28. The number of benzene rings is 2. The number of aromatic amines is 1. The number of H-pyrrole nitrogens is 1. The number of hydrogen-bond acceptors (Lipinski definition) is 7. The predicted octanol–water partition coefficient (Wildman–Crippen LogP) is 2.62. The normalized spacial score (nSPS) is 12.9. The Hall–Kier alpha value is -2.20. The van der Waals surface area contributed by atoms with E-state index in [0.717, 1.165) is 23.3 Å². The van der Waals surface area contributed by atoms with E-state index in [-0.39, 0.29) is 28.2 Å². The summed E-state index contributed by atoms with van der Waals surface area (Å²) in [6.07, 6.45) is 2.03. The Morgan fingerprint density at radius 1 is 1.10 bits per heavy atom. The van der Waals surface area contributed by atoms with E-state index in [2.05, 4.69) is 4.98 Å². The first-order valence-corrected chi connectivity index (χ1v) is 12.9. The molecule has 0 fully saturated rings. The molecule has 3 aromatic rings. The van der Waals surface area contributed by atoms with Crippen LogP contribution in [-0.4, -0.2) is 49.3 Å². The summed E-state index contributed by atoms with van der Waals surface area (Å²) >= 11 is 1.02. The smallest absolute Gasteiger partial charge is 0.305 e. The second-order valence-corrected chi connectivity index (χ2v) is 10.9. The van der Waals surface area contributed by atoms with Crippen molar-refractivity contribution in [2.45, 2.75) is 31.7 Å². The fraction of sp³-hybridized carbons (Fsp3) is 0.409. The Bertz CT molecular complexity index is 1140. The van der Waals surface area contributed by atoms with Crippen molar-refractivity contribution in [3.8, 4) is 5.75 Å². The van der Waals surface area contributed by atoms with E-state index in [1.165, 1.54) is 11.6 Å². The molecule has 0 aliphatic rings. The van der Waals surface area contributed by atoms with Crippen LogP contribution in [0.1, 0.15) is 24.0 Å². The van der Waals surface area contributed by atoms with Crippen LogP contribution in [0.5, 0.6) is 5.75 Å². The maximum Gasteiger partial charge on any atom is 0.305 e. The fourth-order valence-electron chi connectivity index (χ4n) is 3.37. The molecule has 7 nitrogen and oxygen atoms in total. The van der Waals surface area contributed by atoms with Gasteiger partial charge in [-0.1, -0.05) is 47.7 Å². The lowest BCUT2D eigenvalue weighted by molar-refractivity contribution is 0.138. The maximum atomic E-state index is 12.3. The number of rotatable bonds is 12. The molecule has 0 spiro atoms. The van der Waals surface area contributed by atoms with Crippen LogP contribution >= 0.6 is 11.3 Å². The van der Waals surface area contributed by atoms with Gasteiger partial charge < -0.3 is 20.6 Å². The minimum absolute atomic E-state index is 0.0132. The van der Waals surface area contributed by atoms with E-state index in [4.69, 9.17) is 10.5 Å². The van der Waals surface area contributed by atoms with Crippen LogP contribution in [0.3, 0.4) is 0 Å². The molecule has 0 saturated carbocycles. The minimum Gasteiger partial charge on any atom is -0.506 e. The van der Waals surface area contributed by atoms with Crippen molar-refractivity contribution >= 4 is 31.4 Å². The lowest BCUT2D eigenvalue weighted by Gasteiger charge is -2.13. The molecular weight excluding hydrogens is 436 g/mol. The van der Waals surface area contributed by atoms with Crippen LogP contribution in [0.4, 0.5) is 0 Å². The van der Waals surface area contributed by atoms with Crippen LogP contribution in [-0.2, 0) is 27.4 Å². The van der Waals surface area contributed by atoms with E-state index in [1.54, 1.807) is 6.07 Å². The Morgan fingerprint density at radius 3 is 2.65 bits per heavy atom. The molecule has 1 unspecified atom stereocenters.